The highest BCUT2D eigenvalue weighted by atomic mass is 32.1. The van der Waals surface area contributed by atoms with Crippen molar-refractivity contribution in [1.82, 2.24) is 5.32 Å². The number of hydrogen-bond acceptors (Lipinski definition) is 4. The van der Waals surface area contributed by atoms with Gasteiger partial charge in [0.25, 0.3) is 11.8 Å². The van der Waals surface area contributed by atoms with Crippen LogP contribution in [0.5, 0.6) is 5.75 Å². The van der Waals surface area contributed by atoms with Gasteiger partial charge in [-0.15, -0.1) is 11.3 Å². The summed E-state index contributed by atoms with van der Waals surface area (Å²) < 4.78 is 42.9. The molecule has 0 aliphatic heterocycles. The Morgan fingerprint density at radius 2 is 1.73 bits per heavy atom. The van der Waals surface area contributed by atoms with Crippen molar-refractivity contribution in [2.24, 2.45) is 0 Å². The Labute approximate surface area is 174 Å². The van der Waals surface area contributed by atoms with Gasteiger partial charge in [-0.25, -0.2) is 0 Å². The molecule has 156 valence electrons. The van der Waals surface area contributed by atoms with Gasteiger partial charge in [-0.3, -0.25) is 9.59 Å². The molecular formula is C21H17F3N2O3S. The lowest BCUT2D eigenvalue weighted by atomic mass is 10.2. The summed E-state index contributed by atoms with van der Waals surface area (Å²) in [5.74, 6) is -0.346. The Morgan fingerprint density at radius 1 is 0.967 bits per heavy atom. The van der Waals surface area contributed by atoms with Gasteiger partial charge < -0.3 is 15.4 Å². The largest absolute Gasteiger partial charge is 0.492 e. The van der Waals surface area contributed by atoms with Crippen molar-refractivity contribution >= 4 is 28.8 Å². The average molecular weight is 434 g/mol. The third-order valence-electron chi connectivity index (χ3n) is 3.97. The summed E-state index contributed by atoms with van der Waals surface area (Å²) >= 11 is 1.31. The molecule has 3 aromatic rings. The molecular weight excluding hydrogens is 417 g/mol. The second kappa shape index (κ2) is 9.45. The lowest BCUT2D eigenvalue weighted by Gasteiger charge is -2.10. The molecule has 0 aliphatic carbocycles. The van der Waals surface area contributed by atoms with Crippen LogP contribution in [-0.4, -0.2) is 25.0 Å². The van der Waals surface area contributed by atoms with Crippen LogP contribution in [0.2, 0.25) is 0 Å². The molecule has 30 heavy (non-hydrogen) atoms. The third kappa shape index (κ3) is 5.84. The second-order valence-electron chi connectivity index (χ2n) is 6.14. The zero-order chi connectivity index (χ0) is 21.6. The molecule has 0 fully saturated rings. The molecule has 5 nitrogen and oxygen atoms in total. The van der Waals surface area contributed by atoms with Gasteiger partial charge in [0.05, 0.1) is 17.0 Å². The Balaban J connectivity index is 1.47. The third-order valence-corrected chi connectivity index (χ3v) is 4.83. The van der Waals surface area contributed by atoms with Crippen molar-refractivity contribution in [1.29, 1.82) is 0 Å². The van der Waals surface area contributed by atoms with Gasteiger partial charge in [-0.05, 0) is 53.9 Å². The number of rotatable bonds is 7. The molecule has 2 amide bonds. The van der Waals surface area contributed by atoms with Crippen molar-refractivity contribution < 1.29 is 27.5 Å². The summed E-state index contributed by atoms with van der Waals surface area (Å²) in [5, 5.41) is 7.19. The standard InChI is InChI=1S/C21H17F3N2O3S/c22-21(23,24)15-6-8-17(9-7-15)29-11-10-25-19(27)14-3-1-4-16(13-14)26-20(28)18-5-2-12-30-18/h1-9,12-13H,10-11H2,(H,25,27)(H,26,28). The number of thiophene rings is 1. The van der Waals surface area contributed by atoms with Gasteiger partial charge >= 0.3 is 6.18 Å². The highest BCUT2D eigenvalue weighted by Gasteiger charge is 2.30. The van der Waals surface area contributed by atoms with Gasteiger partial charge in [0.2, 0.25) is 0 Å². The van der Waals surface area contributed by atoms with E-state index in [0.29, 0.717) is 16.1 Å². The number of ether oxygens (including phenoxy) is 1. The van der Waals surface area contributed by atoms with Crippen LogP contribution in [0.25, 0.3) is 0 Å². The Bertz CT molecular complexity index is 1000. The molecule has 3 rings (SSSR count). The predicted molar refractivity (Wildman–Crippen MR) is 108 cm³/mol. The topological polar surface area (TPSA) is 67.4 Å². The highest BCUT2D eigenvalue weighted by Crippen LogP contribution is 2.30. The van der Waals surface area contributed by atoms with Gasteiger partial charge in [-0.1, -0.05) is 12.1 Å². The van der Waals surface area contributed by atoms with E-state index in [1.54, 1.807) is 41.8 Å². The van der Waals surface area contributed by atoms with E-state index < -0.39 is 11.7 Å². The molecule has 0 radical (unpaired) electrons. The number of amides is 2. The van der Waals surface area contributed by atoms with E-state index in [2.05, 4.69) is 10.6 Å². The molecule has 2 N–H and O–H groups in total. The smallest absolute Gasteiger partial charge is 0.416 e. The molecule has 0 saturated heterocycles. The lowest BCUT2D eigenvalue weighted by molar-refractivity contribution is -0.137. The first-order valence-electron chi connectivity index (χ1n) is 8.86. The minimum atomic E-state index is -4.40. The number of carbonyl (C=O) groups excluding carboxylic acids is 2. The maximum atomic E-state index is 12.5. The van der Waals surface area contributed by atoms with E-state index >= 15 is 0 Å². The molecule has 1 heterocycles. The van der Waals surface area contributed by atoms with Crippen LogP contribution in [0.15, 0.2) is 66.0 Å². The van der Waals surface area contributed by atoms with Crippen LogP contribution in [0, 0.1) is 0 Å². The quantitative estimate of drug-likeness (QED) is 0.524. The summed E-state index contributed by atoms with van der Waals surface area (Å²) in [6, 6.07) is 14.3. The van der Waals surface area contributed by atoms with Crippen molar-refractivity contribution in [3.63, 3.8) is 0 Å². The molecule has 0 spiro atoms. The Morgan fingerprint density at radius 3 is 2.40 bits per heavy atom. The first-order chi connectivity index (χ1) is 14.3. The van der Waals surface area contributed by atoms with Crippen LogP contribution < -0.4 is 15.4 Å². The fourth-order valence-electron chi connectivity index (χ4n) is 2.51. The van der Waals surface area contributed by atoms with E-state index in [0.717, 1.165) is 12.1 Å². The molecule has 0 aliphatic rings. The molecule has 2 aromatic carbocycles. The number of alkyl halides is 3. The number of nitrogens with one attached hydrogen (secondary N) is 2. The number of carbonyl (C=O) groups is 2. The molecule has 0 atom stereocenters. The van der Waals surface area contributed by atoms with Gasteiger partial charge in [0.15, 0.2) is 0 Å². The summed E-state index contributed by atoms with van der Waals surface area (Å²) in [7, 11) is 0. The molecule has 0 unspecified atom stereocenters. The summed E-state index contributed by atoms with van der Waals surface area (Å²) in [6.45, 7) is 0.248. The number of hydrogen-bond donors (Lipinski definition) is 2. The summed E-state index contributed by atoms with van der Waals surface area (Å²) in [6.07, 6.45) is -4.40. The van der Waals surface area contributed by atoms with Gasteiger partial charge in [-0.2, -0.15) is 13.2 Å². The Hall–Kier alpha value is -3.33. The SMILES string of the molecule is O=C(NCCOc1ccc(C(F)(F)F)cc1)c1cccc(NC(=O)c2cccs2)c1. The Kier molecular flexibility index (Phi) is 6.73. The van der Waals surface area contributed by atoms with Crippen LogP contribution in [-0.2, 0) is 6.18 Å². The predicted octanol–water partition coefficient (Wildman–Crippen LogP) is 4.83. The summed E-state index contributed by atoms with van der Waals surface area (Å²) in [4.78, 5) is 24.9. The van der Waals surface area contributed by atoms with Crippen LogP contribution in [0.1, 0.15) is 25.6 Å². The van der Waals surface area contributed by atoms with Crippen LogP contribution in [0.3, 0.4) is 0 Å². The fourth-order valence-corrected chi connectivity index (χ4v) is 3.13. The van der Waals surface area contributed by atoms with Crippen molar-refractivity contribution in [3.8, 4) is 5.75 Å². The maximum absolute atomic E-state index is 12.5. The van der Waals surface area contributed by atoms with Crippen molar-refractivity contribution in [2.45, 2.75) is 6.18 Å². The average Bonchev–Trinajstić information content (AvgIpc) is 3.26. The summed E-state index contributed by atoms with van der Waals surface area (Å²) in [5.41, 5.74) is 0.0877. The first kappa shape index (κ1) is 21.4. The van der Waals surface area contributed by atoms with E-state index in [4.69, 9.17) is 4.74 Å². The zero-order valence-corrected chi connectivity index (χ0v) is 16.3. The molecule has 1 aromatic heterocycles. The van der Waals surface area contributed by atoms with Crippen molar-refractivity contribution in [2.75, 3.05) is 18.5 Å². The fraction of sp³-hybridized carbons (Fsp3) is 0.143. The molecule has 0 bridgehead atoms. The van der Waals surface area contributed by atoms with E-state index in [1.807, 2.05) is 0 Å². The van der Waals surface area contributed by atoms with Gasteiger partial charge in [0, 0.05) is 11.3 Å². The minimum absolute atomic E-state index is 0.0892. The molecule has 9 heteroatoms. The lowest BCUT2D eigenvalue weighted by Crippen LogP contribution is -2.28. The van der Waals surface area contributed by atoms with E-state index in [9.17, 15) is 22.8 Å². The normalized spacial score (nSPS) is 11.0. The van der Waals surface area contributed by atoms with Crippen molar-refractivity contribution in [3.05, 3.63) is 82.0 Å². The van der Waals surface area contributed by atoms with E-state index in [1.165, 1.54) is 23.5 Å². The van der Waals surface area contributed by atoms with Crippen LogP contribution in [0.4, 0.5) is 18.9 Å². The number of halogens is 3. The van der Waals surface area contributed by atoms with Crippen LogP contribution >= 0.6 is 11.3 Å². The zero-order valence-electron chi connectivity index (χ0n) is 15.5. The minimum Gasteiger partial charge on any atom is -0.492 e. The number of anilines is 1. The first-order valence-corrected chi connectivity index (χ1v) is 9.74. The highest BCUT2D eigenvalue weighted by molar-refractivity contribution is 7.12. The number of benzene rings is 2. The van der Waals surface area contributed by atoms with Gasteiger partial charge in [0.1, 0.15) is 12.4 Å². The second-order valence-corrected chi connectivity index (χ2v) is 7.09. The molecule has 0 saturated carbocycles. The maximum Gasteiger partial charge on any atom is 0.416 e. The van der Waals surface area contributed by atoms with E-state index in [-0.39, 0.29) is 30.7 Å². The monoisotopic (exact) mass is 434 g/mol.